The summed E-state index contributed by atoms with van der Waals surface area (Å²) in [5.41, 5.74) is -0.758. The van der Waals surface area contributed by atoms with Gasteiger partial charge in [-0.25, -0.2) is 13.2 Å². The lowest BCUT2D eigenvalue weighted by atomic mass is 10.2. The fourth-order valence-corrected chi connectivity index (χ4v) is 3.38. The van der Waals surface area contributed by atoms with Crippen molar-refractivity contribution in [3.8, 4) is 0 Å². The van der Waals surface area contributed by atoms with Crippen molar-refractivity contribution in [2.75, 3.05) is 5.75 Å². The molecule has 1 aromatic carbocycles. The minimum Gasteiger partial charge on any atom is -0.478 e. The third kappa shape index (κ3) is 3.74. The maximum atomic E-state index is 12.1. The lowest BCUT2D eigenvalue weighted by Crippen LogP contribution is -2.23. The molecule has 0 saturated carbocycles. The highest BCUT2D eigenvalue weighted by atomic mass is 35.5. The molecule has 1 rings (SSSR count). The standard InChI is InChI=1S/C9H5Cl2F3O4S/c10-4-1-2-5(7(11)6(4)8(15)16)19(17,18)3-9(12,13)14/h1-2H,3H2,(H,15,16). The molecule has 0 aliphatic carbocycles. The van der Waals surface area contributed by atoms with Gasteiger partial charge in [0, 0.05) is 0 Å². The van der Waals surface area contributed by atoms with Gasteiger partial charge in [-0.1, -0.05) is 23.2 Å². The van der Waals surface area contributed by atoms with Crippen molar-refractivity contribution in [3.05, 3.63) is 27.7 Å². The lowest BCUT2D eigenvalue weighted by molar-refractivity contribution is -0.106. The Labute approximate surface area is 115 Å². The van der Waals surface area contributed by atoms with E-state index in [0.717, 1.165) is 12.1 Å². The molecule has 0 aliphatic heterocycles. The fourth-order valence-electron chi connectivity index (χ4n) is 1.26. The first-order chi connectivity index (χ1) is 8.46. The quantitative estimate of drug-likeness (QED) is 0.920. The summed E-state index contributed by atoms with van der Waals surface area (Å²) in [6, 6.07) is 1.60. The predicted octanol–water partition coefficient (Wildman–Crippen LogP) is 3.03. The van der Waals surface area contributed by atoms with E-state index in [1.54, 1.807) is 0 Å². The molecule has 0 atom stereocenters. The Bertz CT molecular complexity index is 625. The van der Waals surface area contributed by atoms with Crippen molar-refractivity contribution < 1.29 is 31.5 Å². The maximum Gasteiger partial charge on any atom is 0.403 e. The number of sulfone groups is 1. The number of benzene rings is 1. The number of halogens is 5. The molecule has 1 N–H and O–H groups in total. The molecular weight excluding hydrogens is 332 g/mol. The number of carboxylic acid groups (broad SMARTS) is 1. The molecule has 19 heavy (non-hydrogen) atoms. The van der Waals surface area contributed by atoms with E-state index >= 15 is 0 Å². The minimum absolute atomic E-state index is 0.372. The van der Waals surface area contributed by atoms with E-state index in [4.69, 9.17) is 28.3 Å². The van der Waals surface area contributed by atoms with Gasteiger partial charge in [0.05, 0.1) is 20.5 Å². The van der Waals surface area contributed by atoms with E-state index in [1.165, 1.54) is 0 Å². The first-order valence-corrected chi connectivity index (χ1v) is 6.87. The van der Waals surface area contributed by atoms with Gasteiger partial charge in [-0.15, -0.1) is 0 Å². The van der Waals surface area contributed by atoms with Gasteiger partial charge in [0.15, 0.2) is 15.6 Å². The van der Waals surface area contributed by atoms with Gasteiger partial charge >= 0.3 is 12.1 Å². The van der Waals surface area contributed by atoms with Crippen LogP contribution < -0.4 is 0 Å². The molecule has 0 saturated heterocycles. The Balaban J connectivity index is 3.46. The van der Waals surface area contributed by atoms with Crippen molar-refractivity contribution in [2.45, 2.75) is 11.1 Å². The Hall–Kier alpha value is -0.990. The second-order valence-electron chi connectivity index (χ2n) is 3.41. The molecule has 0 radical (unpaired) electrons. The van der Waals surface area contributed by atoms with Crippen LogP contribution in [0.1, 0.15) is 10.4 Å². The number of hydrogen-bond donors (Lipinski definition) is 1. The zero-order valence-electron chi connectivity index (χ0n) is 8.83. The van der Waals surface area contributed by atoms with Crippen LogP contribution in [0.4, 0.5) is 13.2 Å². The molecule has 0 amide bonds. The topological polar surface area (TPSA) is 71.4 Å². The number of carboxylic acids is 1. The normalized spacial score (nSPS) is 12.5. The Kier molecular flexibility index (Phi) is 4.38. The molecule has 106 valence electrons. The average molecular weight is 337 g/mol. The zero-order valence-corrected chi connectivity index (χ0v) is 11.2. The van der Waals surface area contributed by atoms with Crippen LogP contribution >= 0.6 is 23.2 Å². The Morgan fingerprint density at radius 3 is 2.21 bits per heavy atom. The van der Waals surface area contributed by atoms with Crippen LogP contribution in [0, 0.1) is 0 Å². The molecule has 4 nitrogen and oxygen atoms in total. The molecule has 0 aromatic heterocycles. The summed E-state index contributed by atoms with van der Waals surface area (Å²) in [4.78, 5) is 9.90. The molecule has 0 bridgehead atoms. The smallest absolute Gasteiger partial charge is 0.403 e. The van der Waals surface area contributed by atoms with E-state index < -0.39 is 43.2 Å². The van der Waals surface area contributed by atoms with Gasteiger partial charge < -0.3 is 5.11 Å². The maximum absolute atomic E-state index is 12.1. The van der Waals surface area contributed by atoms with Crippen molar-refractivity contribution in [3.63, 3.8) is 0 Å². The summed E-state index contributed by atoms with van der Waals surface area (Å²) < 4.78 is 59.5. The zero-order chi connectivity index (χ0) is 15.0. The Morgan fingerprint density at radius 1 is 1.26 bits per heavy atom. The van der Waals surface area contributed by atoms with E-state index in [1.807, 2.05) is 0 Å². The number of alkyl halides is 3. The highest BCUT2D eigenvalue weighted by molar-refractivity contribution is 7.91. The van der Waals surface area contributed by atoms with Gasteiger partial charge in [-0.3, -0.25) is 0 Å². The molecule has 0 unspecified atom stereocenters. The molecule has 10 heteroatoms. The van der Waals surface area contributed by atoms with E-state index in [2.05, 4.69) is 0 Å². The van der Waals surface area contributed by atoms with Gasteiger partial charge in [-0.2, -0.15) is 13.2 Å². The second kappa shape index (κ2) is 5.18. The molecular formula is C9H5Cl2F3O4S. The fraction of sp³-hybridized carbons (Fsp3) is 0.222. The van der Waals surface area contributed by atoms with Crippen molar-refractivity contribution in [1.29, 1.82) is 0 Å². The third-order valence-corrected chi connectivity index (χ3v) is 4.50. The monoisotopic (exact) mass is 336 g/mol. The van der Waals surface area contributed by atoms with Crippen LogP contribution in [0.15, 0.2) is 17.0 Å². The molecule has 0 heterocycles. The summed E-state index contributed by atoms with van der Waals surface area (Å²) in [5.74, 6) is -3.78. The van der Waals surface area contributed by atoms with Crippen LogP contribution in [0.5, 0.6) is 0 Å². The first-order valence-electron chi connectivity index (χ1n) is 4.46. The number of hydrogen-bond acceptors (Lipinski definition) is 3. The summed E-state index contributed by atoms with van der Waals surface area (Å²) in [7, 11) is -4.80. The van der Waals surface area contributed by atoms with Crippen LogP contribution in [0.2, 0.25) is 10.0 Å². The van der Waals surface area contributed by atoms with Crippen molar-refractivity contribution in [2.24, 2.45) is 0 Å². The molecule has 0 aliphatic rings. The second-order valence-corrected chi connectivity index (χ2v) is 6.16. The van der Waals surface area contributed by atoms with Crippen LogP contribution in [-0.2, 0) is 9.84 Å². The van der Waals surface area contributed by atoms with Crippen LogP contribution in [-0.4, -0.2) is 31.4 Å². The van der Waals surface area contributed by atoms with Crippen LogP contribution in [0.25, 0.3) is 0 Å². The van der Waals surface area contributed by atoms with Gasteiger partial charge in [0.2, 0.25) is 0 Å². The largest absolute Gasteiger partial charge is 0.478 e. The SMILES string of the molecule is O=C(O)c1c(Cl)ccc(S(=O)(=O)CC(F)(F)F)c1Cl. The average Bonchev–Trinajstić information content (AvgIpc) is 2.11. The summed E-state index contributed by atoms with van der Waals surface area (Å²) in [6.45, 7) is 0. The van der Waals surface area contributed by atoms with Gasteiger partial charge in [0.25, 0.3) is 0 Å². The molecule has 1 aromatic rings. The Morgan fingerprint density at radius 2 is 1.79 bits per heavy atom. The van der Waals surface area contributed by atoms with Gasteiger partial charge in [-0.05, 0) is 12.1 Å². The van der Waals surface area contributed by atoms with Gasteiger partial charge in [0.1, 0.15) is 0 Å². The van der Waals surface area contributed by atoms with E-state index in [0.29, 0.717) is 0 Å². The molecule has 0 spiro atoms. The first kappa shape index (κ1) is 16.1. The number of aromatic carboxylic acids is 1. The highest BCUT2D eigenvalue weighted by Gasteiger charge is 2.37. The predicted molar refractivity (Wildman–Crippen MR) is 61.5 cm³/mol. The summed E-state index contributed by atoms with van der Waals surface area (Å²) in [5, 5.41) is 7.57. The van der Waals surface area contributed by atoms with Crippen molar-refractivity contribution in [1.82, 2.24) is 0 Å². The third-order valence-electron chi connectivity index (χ3n) is 1.96. The molecule has 0 fully saturated rings. The van der Waals surface area contributed by atoms with E-state index in [-0.39, 0.29) is 5.02 Å². The minimum atomic E-state index is -4.97. The lowest BCUT2D eigenvalue weighted by Gasteiger charge is -2.11. The highest BCUT2D eigenvalue weighted by Crippen LogP contribution is 2.33. The van der Waals surface area contributed by atoms with Crippen molar-refractivity contribution >= 4 is 39.0 Å². The van der Waals surface area contributed by atoms with Crippen LogP contribution in [0.3, 0.4) is 0 Å². The summed E-state index contributed by atoms with van der Waals surface area (Å²) >= 11 is 11.0. The summed E-state index contributed by atoms with van der Waals surface area (Å²) in [6.07, 6.45) is -4.97. The van der Waals surface area contributed by atoms with E-state index in [9.17, 15) is 26.4 Å². The number of rotatable bonds is 3. The number of carbonyl (C=O) groups is 1.